The average molecular weight is 459 g/mol. The van der Waals surface area contributed by atoms with Crippen molar-refractivity contribution in [1.82, 2.24) is 14.9 Å². The van der Waals surface area contributed by atoms with Crippen molar-refractivity contribution in [1.29, 1.82) is 0 Å². The number of carbonyl (C=O) groups is 1. The van der Waals surface area contributed by atoms with Crippen LogP contribution in [-0.2, 0) is 11.3 Å². The van der Waals surface area contributed by atoms with Crippen LogP contribution >= 0.6 is 11.6 Å². The van der Waals surface area contributed by atoms with Crippen molar-refractivity contribution in [3.8, 4) is 11.1 Å². The number of ether oxygens (including phenoxy) is 1. The fourth-order valence-electron chi connectivity index (χ4n) is 3.98. The van der Waals surface area contributed by atoms with E-state index in [4.69, 9.17) is 16.3 Å². The van der Waals surface area contributed by atoms with Gasteiger partial charge in [0.05, 0.1) is 24.4 Å². The van der Waals surface area contributed by atoms with Gasteiger partial charge in [-0.2, -0.15) is 0 Å². The van der Waals surface area contributed by atoms with Crippen LogP contribution < -0.4 is 5.32 Å². The highest BCUT2D eigenvalue weighted by atomic mass is 35.5. The van der Waals surface area contributed by atoms with Crippen molar-refractivity contribution in [2.75, 3.05) is 31.6 Å². The van der Waals surface area contributed by atoms with E-state index in [1.54, 1.807) is 12.1 Å². The Balaban J connectivity index is 1.39. The lowest BCUT2D eigenvalue weighted by atomic mass is 10.0. The van der Waals surface area contributed by atoms with Crippen LogP contribution in [0, 0.1) is 0 Å². The van der Waals surface area contributed by atoms with Gasteiger partial charge in [-0.15, -0.1) is 0 Å². The quantitative estimate of drug-likeness (QED) is 0.454. The van der Waals surface area contributed by atoms with E-state index in [-0.39, 0.29) is 5.91 Å². The third-order valence-corrected chi connectivity index (χ3v) is 5.98. The summed E-state index contributed by atoms with van der Waals surface area (Å²) < 4.78 is 5.40. The lowest BCUT2D eigenvalue weighted by Gasteiger charge is -2.26. The van der Waals surface area contributed by atoms with Gasteiger partial charge in [0.1, 0.15) is 11.5 Å². The Morgan fingerprint density at radius 3 is 2.55 bits per heavy atom. The van der Waals surface area contributed by atoms with Gasteiger partial charge in [-0.3, -0.25) is 9.69 Å². The molecule has 5 rings (SSSR count). The molecule has 0 spiro atoms. The number of hydrogen-bond acceptors (Lipinski definition) is 5. The number of nitrogens with one attached hydrogen (secondary N) is 1. The third kappa shape index (κ3) is 4.88. The molecule has 3 heterocycles. The summed E-state index contributed by atoms with van der Waals surface area (Å²) in [5, 5.41) is 4.47. The molecule has 2 aromatic heterocycles. The average Bonchev–Trinajstić information content (AvgIpc) is 2.84. The number of carbonyl (C=O) groups excluding carboxylic acids is 1. The first-order valence-corrected chi connectivity index (χ1v) is 11.3. The zero-order valence-corrected chi connectivity index (χ0v) is 18.8. The molecule has 1 fully saturated rings. The molecule has 0 saturated carbocycles. The Bertz CT molecular complexity index is 1300. The largest absolute Gasteiger partial charge is 0.379 e. The second-order valence-electron chi connectivity index (χ2n) is 7.91. The van der Waals surface area contributed by atoms with Gasteiger partial charge < -0.3 is 10.1 Å². The molecule has 166 valence electrons. The summed E-state index contributed by atoms with van der Waals surface area (Å²) in [7, 11) is 0. The minimum atomic E-state index is -0.304. The van der Waals surface area contributed by atoms with Crippen LogP contribution in [0.5, 0.6) is 0 Å². The number of halogens is 1. The molecule has 0 unspecified atom stereocenters. The highest BCUT2D eigenvalue weighted by Gasteiger charge is 2.15. The van der Waals surface area contributed by atoms with Crippen molar-refractivity contribution >= 4 is 34.2 Å². The molecule has 1 N–H and O–H groups in total. The van der Waals surface area contributed by atoms with Crippen LogP contribution in [0.1, 0.15) is 16.2 Å². The zero-order chi connectivity index (χ0) is 22.6. The number of aromatic nitrogens is 2. The fraction of sp³-hybridized carbons (Fsp3) is 0.192. The Labute approximate surface area is 197 Å². The van der Waals surface area contributed by atoms with E-state index >= 15 is 0 Å². The summed E-state index contributed by atoms with van der Waals surface area (Å²) in [5.41, 5.74) is 3.72. The van der Waals surface area contributed by atoms with Crippen molar-refractivity contribution in [3.63, 3.8) is 0 Å². The van der Waals surface area contributed by atoms with Gasteiger partial charge >= 0.3 is 0 Å². The van der Waals surface area contributed by atoms with E-state index in [0.29, 0.717) is 16.5 Å². The van der Waals surface area contributed by atoms with Gasteiger partial charge in [-0.25, -0.2) is 9.97 Å². The van der Waals surface area contributed by atoms with Gasteiger partial charge in [0.2, 0.25) is 0 Å². The predicted molar refractivity (Wildman–Crippen MR) is 130 cm³/mol. The minimum absolute atomic E-state index is 0.304. The Morgan fingerprint density at radius 2 is 1.70 bits per heavy atom. The first-order chi connectivity index (χ1) is 16.2. The van der Waals surface area contributed by atoms with Crippen molar-refractivity contribution in [2.24, 2.45) is 0 Å². The fourth-order valence-corrected chi connectivity index (χ4v) is 4.21. The number of para-hydroxylation sites is 1. The molecule has 0 radical (unpaired) electrons. The lowest BCUT2D eigenvalue weighted by molar-refractivity contribution is 0.0337. The molecule has 33 heavy (non-hydrogen) atoms. The zero-order valence-electron chi connectivity index (χ0n) is 18.0. The van der Waals surface area contributed by atoms with E-state index in [2.05, 4.69) is 20.2 Å². The minimum Gasteiger partial charge on any atom is -0.379 e. The lowest BCUT2D eigenvalue weighted by Crippen LogP contribution is -2.35. The Morgan fingerprint density at radius 1 is 0.909 bits per heavy atom. The topological polar surface area (TPSA) is 67.4 Å². The van der Waals surface area contributed by atoms with Crippen LogP contribution in [0.3, 0.4) is 0 Å². The second-order valence-corrected chi connectivity index (χ2v) is 8.32. The van der Waals surface area contributed by atoms with Gasteiger partial charge in [0.25, 0.3) is 5.91 Å². The van der Waals surface area contributed by atoms with Gasteiger partial charge in [-0.1, -0.05) is 60.1 Å². The molecule has 0 bridgehead atoms. The van der Waals surface area contributed by atoms with Crippen molar-refractivity contribution < 1.29 is 9.53 Å². The molecule has 1 aliphatic rings. The van der Waals surface area contributed by atoms with Crippen molar-refractivity contribution in [3.05, 3.63) is 89.2 Å². The molecule has 4 aromatic rings. The number of pyridine rings is 2. The summed E-state index contributed by atoms with van der Waals surface area (Å²) in [5.74, 6) is 0.203. The van der Waals surface area contributed by atoms with E-state index in [1.165, 1.54) is 0 Å². The van der Waals surface area contributed by atoms with E-state index in [1.807, 2.05) is 60.7 Å². The number of rotatable bonds is 5. The number of benzene rings is 2. The molecule has 6 nitrogen and oxygen atoms in total. The molecular weight excluding hydrogens is 436 g/mol. The van der Waals surface area contributed by atoms with Gasteiger partial charge in [0.15, 0.2) is 0 Å². The summed E-state index contributed by atoms with van der Waals surface area (Å²) in [6, 6.07) is 22.8. The number of nitrogens with zero attached hydrogens (tertiary/aromatic N) is 3. The van der Waals surface area contributed by atoms with Gasteiger partial charge in [-0.05, 0) is 24.3 Å². The molecule has 7 heteroatoms. The predicted octanol–water partition coefficient (Wildman–Crippen LogP) is 5.03. The van der Waals surface area contributed by atoms with Crippen LogP contribution in [0.15, 0.2) is 72.8 Å². The number of fused-ring (bicyclic) bond motifs is 1. The maximum atomic E-state index is 13.0. The summed E-state index contributed by atoms with van der Waals surface area (Å²) in [4.78, 5) is 24.6. The van der Waals surface area contributed by atoms with Crippen LogP contribution in [0.4, 0.5) is 5.82 Å². The summed E-state index contributed by atoms with van der Waals surface area (Å²) >= 11 is 6.43. The van der Waals surface area contributed by atoms with Crippen molar-refractivity contribution in [2.45, 2.75) is 6.54 Å². The van der Waals surface area contributed by atoms with Gasteiger partial charge in [0, 0.05) is 41.2 Å². The summed E-state index contributed by atoms with van der Waals surface area (Å²) in [6.07, 6.45) is 0. The normalized spacial score (nSPS) is 14.3. The molecule has 1 amide bonds. The second kappa shape index (κ2) is 9.67. The Hall–Kier alpha value is -3.32. The standard InChI is InChI=1S/C26H23ClN4O2/c27-22-9-2-1-7-20(22)21-8-3-5-18-11-12-23(29-25(18)21)26(32)30-24-10-4-6-19(28-24)17-31-13-15-33-16-14-31/h1-12H,13-17H2,(H,28,30,32). The molecule has 0 aliphatic carbocycles. The highest BCUT2D eigenvalue weighted by molar-refractivity contribution is 6.33. The van der Waals surface area contributed by atoms with E-state index in [9.17, 15) is 4.79 Å². The first-order valence-electron chi connectivity index (χ1n) is 10.9. The number of morpholine rings is 1. The van der Waals surface area contributed by atoms with Crippen LogP contribution in [0.2, 0.25) is 5.02 Å². The maximum Gasteiger partial charge on any atom is 0.275 e. The van der Waals surface area contributed by atoms with Crippen LogP contribution in [0.25, 0.3) is 22.0 Å². The third-order valence-electron chi connectivity index (χ3n) is 5.65. The van der Waals surface area contributed by atoms with E-state index < -0.39 is 0 Å². The molecule has 0 atom stereocenters. The molecular formula is C26H23ClN4O2. The maximum absolute atomic E-state index is 13.0. The molecule has 2 aromatic carbocycles. The van der Waals surface area contributed by atoms with Crippen LogP contribution in [-0.4, -0.2) is 47.1 Å². The number of hydrogen-bond donors (Lipinski definition) is 1. The summed E-state index contributed by atoms with van der Waals surface area (Å²) in [6.45, 7) is 3.96. The monoisotopic (exact) mass is 458 g/mol. The van der Waals surface area contributed by atoms with E-state index in [0.717, 1.165) is 60.6 Å². The molecule has 1 aliphatic heterocycles. The smallest absolute Gasteiger partial charge is 0.275 e. The highest BCUT2D eigenvalue weighted by Crippen LogP contribution is 2.32. The number of anilines is 1. The first kappa shape index (κ1) is 21.5. The number of amides is 1. The Kier molecular flexibility index (Phi) is 6.30. The molecule has 1 saturated heterocycles. The SMILES string of the molecule is O=C(Nc1cccc(CN2CCOCC2)n1)c1ccc2cccc(-c3ccccc3Cl)c2n1.